The number of hydrogen-bond acceptors (Lipinski definition) is 5. The Morgan fingerprint density at radius 1 is 1.03 bits per heavy atom. The SMILES string of the molecule is CN(CCC(=O)N1CCCCCOc2ccccc2Oc2ccc(Cl)cc2NC(=O)C1)c1ccc(F)cc1. The van der Waals surface area contributed by atoms with Crippen molar-refractivity contribution in [1.29, 1.82) is 0 Å². The van der Waals surface area contributed by atoms with E-state index >= 15 is 0 Å². The van der Waals surface area contributed by atoms with Crippen LogP contribution >= 0.6 is 11.6 Å². The highest BCUT2D eigenvalue weighted by atomic mass is 35.5. The maximum Gasteiger partial charge on any atom is 0.244 e. The third-order valence-corrected chi connectivity index (χ3v) is 6.47. The number of para-hydroxylation sites is 2. The van der Waals surface area contributed by atoms with E-state index in [1.54, 1.807) is 41.3 Å². The van der Waals surface area contributed by atoms with Crippen LogP contribution in [0.5, 0.6) is 17.2 Å². The maximum atomic E-state index is 13.2. The lowest BCUT2D eigenvalue weighted by Crippen LogP contribution is -2.40. The second-order valence-electron chi connectivity index (χ2n) is 9.11. The number of benzene rings is 3. The van der Waals surface area contributed by atoms with Gasteiger partial charge in [0.15, 0.2) is 17.2 Å². The van der Waals surface area contributed by atoms with E-state index in [1.165, 1.54) is 12.1 Å². The summed E-state index contributed by atoms with van der Waals surface area (Å²) in [6, 6.07) is 18.4. The van der Waals surface area contributed by atoms with Gasteiger partial charge in [-0.05, 0) is 73.9 Å². The van der Waals surface area contributed by atoms with E-state index in [2.05, 4.69) is 5.32 Å². The number of nitrogens with one attached hydrogen (secondary N) is 1. The Balaban J connectivity index is 1.48. The van der Waals surface area contributed by atoms with Gasteiger partial charge < -0.3 is 24.6 Å². The van der Waals surface area contributed by atoms with E-state index in [4.69, 9.17) is 21.1 Å². The smallest absolute Gasteiger partial charge is 0.244 e. The molecule has 0 radical (unpaired) electrons. The zero-order valence-electron chi connectivity index (χ0n) is 21.3. The van der Waals surface area contributed by atoms with Crippen LogP contribution < -0.4 is 19.7 Å². The summed E-state index contributed by atoms with van der Waals surface area (Å²) in [5.41, 5.74) is 1.21. The van der Waals surface area contributed by atoms with Crippen LogP contribution in [0, 0.1) is 5.82 Å². The van der Waals surface area contributed by atoms with Gasteiger partial charge in [0.1, 0.15) is 5.82 Å². The topological polar surface area (TPSA) is 71.1 Å². The highest BCUT2D eigenvalue weighted by Gasteiger charge is 2.20. The molecule has 0 saturated heterocycles. The minimum absolute atomic E-state index is 0.0991. The van der Waals surface area contributed by atoms with Crippen LogP contribution in [0.4, 0.5) is 15.8 Å². The number of rotatable bonds is 4. The zero-order chi connectivity index (χ0) is 26.9. The summed E-state index contributed by atoms with van der Waals surface area (Å²) in [7, 11) is 1.84. The molecule has 0 aliphatic carbocycles. The van der Waals surface area contributed by atoms with E-state index in [0.29, 0.717) is 47.7 Å². The molecule has 9 heteroatoms. The van der Waals surface area contributed by atoms with Crippen molar-refractivity contribution in [3.05, 3.63) is 77.6 Å². The van der Waals surface area contributed by atoms with Crippen molar-refractivity contribution in [2.24, 2.45) is 0 Å². The molecule has 1 aliphatic rings. The van der Waals surface area contributed by atoms with Gasteiger partial charge in [-0.2, -0.15) is 0 Å². The quantitative estimate of drug-likeness (QED) is 0.432. The number of ether oxygens (including phenoxy) is 2. The molecule has 7 nitrogen and oxygen atoms in total. The molecule has 0 spiro atoms. The summed E-state index contributed by atoms with van der Waals surface area (Å²) in [5.74, 6) is 0.751. The molecule has 38 heavy (non-hydrogen) atoms. The summed E-state index contributed by atoms with van der Waals surface area (Å²) < 4.78 is 25.3. The van der Waals surface area contributed by atoms with Crippen molar-refractivity contribution < 1.29 is 23.5 Å². The molecular weight excluding hydrogens is 509 g/mol. The maximum absolute atomic E-state index is 13.2. The molecule has 1 heterocycles. The summed E-state index contributed by atoms with van der Waals surface area (Å²) in [6.45, 7) is 1.28. The van der Waals surface area contributed by atoms with E-state index in [1.807, 2.05) is 30.1 Å². The molecule has 2 amide bonds. The average molecular weight is 540 g/mol. The first-order valence-corrected chi connectivity index (χ1v) is 13.0. The predicted octanol–water partition coefficient (Wildman–Crippen LogP) is 6.13. The van der Waals surface area contributed by atoms with Crippen molar-refractivity contribution in [1.82, 2.24) is 4.90 Å². The van der Waals surface area contributed by atoms with E-state index in [9.17, 15) is 14.0 Å². The van der Waals surface area contributed by atoms with Gasteiger partial charge in [0.2, 0.25) is 11.8 Å². The van der Waals surface area contributed by atoms with Crippen molar-refractivity contribution in [3.8, 4) is 17.2 Å². The van der Waals surface area contributed by atoms with E-state index in [0.717, 1.165) is 24.9 Å². The van der Waals surface area contributed by atoms with Gasteiger partial charge in [-0.15, -0.1) is 0 Å². The lowest BCUT2D eigenvalue weighted by molar-refractivity contribution is -0.134. The Hall–Kier alpha value is -3.78. The highest BCUT2D eigenvalue weighted by Crippen LogP contribution is 2.36. The van der Waals surface area contributed by atoms with E-state index in [-0.39, 0.29) is 30.6 Å². The van der Waals surface area contributed by atoms with Crippen LogP contribution in [0.2, 0.25) is 5.02 Å². The largest absolute Gasteiger partial charge is 0.490 e. The minimum atomic E-state index is -0.350. The molecule has 0 aromatic heterocycles. The number of nitrogens with zero attached hydrogens (tertiary/aromatic N) is 2. The van der Waals surface area contributed by atoms with Crippen molar-refractivity contribution in [2.45, 2.75) is 25.7 Å². The molecule has 3 aromatic rings. The van der Waals surface area contributed by atoms with Gasteiger partial charge in [0.05, 0.1) is 18.8 Å². The standard InChI is InChI=1S/C29H31ClFN3O4/c1-33(23-12-10-22(31)11-13-23)17-15-29(36)34-16-5-2-6-18-37-26-7-3-4-8-27(26)38-25-14-9-21(30)19-24(25)32-28(35)20-34/h3-4,7-14,19H,2,5-6,15-18,20H2,1H3,(H,32,35). The van der Waals surface area contributed by atoms with Gasteiger partial charge in [0, 0.05) is 37.3 Å². The van der Waals surface area contributed by atoms with Gasteiger partial charge in [-0.25, -0.2) is 4.39 Å². The number of carbonyl (C=O) groups is 2. The highest BCUT2D eigenvalue weighted by molar-refractivity contribution is 6.31. The third kappa shape index (κ3) is 7.61. The average Bonchev–Trinajstić information content (AvgIpc) is 2.91. The van der Waals surface area contributed by atoms with Gasteiger partial charge >= 0.3 is 0 Å². The van der Waals surface area contributed by atoms with E-state index < -0.39 is 0 Å². The van der Waals surface area contributed by atoms with Crippen molar-refractivity contribution in [2.75, 3.05) is 43.5 Å². The van der Waals surface area contributed by atoms with Crippen LogP contribution in [0.1, 0.15) is 25.7 Å². The van der Waals surface area contributed by atoms with Crippen LogP contribution in [0.3, 0.4) is 0 Å². The third-order valence-electron chi connectivity index (χ3n) is 6.23. The number of carbonyl (C=O) groups excluding carboxylic acids is 2. The summed E-state index contributed by atoms with van der Waals surface area (Å²) in [5, 5.41) is 3.29. The molecule has 1 N–H and O–H groups in total. The van der Waals surface area contributed by atoms with Crippen LogP contribution in [0.25, 0.3) is 0 Å². The molecular formula is C29H31ClFN3O4. The first-order valence-electron chi connectivity index (χ1n) is 12.6. The summed E-state index contributed by atoms with van der Waals surface area (Å²) >= 11 is 6.21. The normalized spacial score (nSPS) is 14.5. The molecule has 0 saturated carbocycles. The second kappa shape index (κ2) is 13.1. The second-order valence-corrected chi connectivity index (χ2v) is 9.55. The Morgan fingerprint density at radius 2 is 1.79 bits per heavy atom. The number of halogens is 2. The van der Waals surface area contributed by atoms with Gasteiger partial charge in [0.25, 0.3) is 0 Å². The Kier molecular flexibility index (Phi) is 9.43. The van der Waals surface area contributed by atoms with Gasteiger partial charge in [-0.1, -0.05) is 23.7 Å². The van der Waals surface area contributed by atoms with Crippen LogP contribution in [-0.4, -0.2) is 50.0 Å². The summed E-state index contributed by atoms with van der Waals surface area (Å²) in [4.78, 5) is 29.7. The lowest BCUT2D eigenvalue weighted by Gasteiger charge is -2.25. The lowest BCUT2D eigenvalue weighted by atomic mass is 10.2. The fourth-order valence-corrected chi connectivity index (χ4v) is 4.30. The molecule has 0 atom stereocenters. The van der Waals surface area contributed by atoms with Crippen LogP contribution in [-0.2, 0) is 9.59 Å². The minimum Gasteiger partial charge on any atom is -0.490 e. The van der Waals surface area contributed by atoms with Crippen LogP contribution in [0.15, 0.2) is 66.7 Å². The molecule has 3 aromatic carbocycles. The Labute approximate surface area is 227 Å². The van der Waals surface area contributed by atoms with Crippen molar-refractivity contribution in [3.63, 3.8) is 0 Å². The molecule has 200 valence electrons. The Morgan fingerprint density at radius 3 is 2.58 bits per heavy atom. The number of fused-ring (bicyclic) bond motifs is 2. The fourth-order valence-electron chi connectivity index (χ4n) is 4.13. The molecule has 0 bridgehead atoms. The predicted molar refractivity (Wildman–Crippen MR) is 147 cm³/mol. The number of amides is 2. The first-order chi connectivity index (χ1) is 18.4. The van der Waals surface area contributed by atoms with Crippen molar-refractivity contribution >= 4 is 34.8 Å². The molecule has 4 rings (SSSR count). The number of hydrogen-bond donors (Lipinski definition) is 1. The molecule has 0 fully saturated rings. The summed E-state index contributed by atoms with van der Waals surface area (Å²) in [6.07, 6.45) is 2.57. The monoisotopic (exact) mass is 539 g/mol. The number of anilines is 2. The Bertz CT molecular complexity index is 1250. The molecule has 0 unspecified atom stereocenters. The first kappa shape index (κ1) is 27.3. The zero-order valence-corrected chi connectivity index (χ0v) is 22.0. The fraction of sp³-hybridized carbons (Fsp3) is 0.310. The van der Waals surface area contributed by atoms with Gasteiger partial charge in [-0.3, -0.25) is 9.59 Å². The molecule has 1 aliphatic heterocycles.